The number of nitrogens with zero attached hydrogens (tertiary/aromatic N) is 3. The third-order valence-corrected chi connectivity index (χ3v) is 6.50. The van der Waals surface area contributed by atoms with Crippen LogP contribution in [0.15, 0.2) is 47.5 Å². The molecule has 1 aliphatic carbocycles. The zero-order chi connectivity index (χ0) is 18.1. The van der Waals surface area contributed by atoms with Gasteiger partial charge < -0.3 is 0 Å². The zero-order valence-corrected chi connectivity index (χ0v) is 15.5. The largest absolute Gasteiger partial charge is 0.285 e. The zero-order valence-electron chi connectivity index (χ0n) is 14.7. The van der Waals surface area contributed by atoms with Crippen LogP contribution in [0.1, 0.15) is 49.4 Å². The van der Waals surface area contributed by atoms with Crippen molar-refractivity contribution in [1.29, 1.82) is 0 Å². The summed E-state index contributed by atoms with van der Waals surface area (Å²) in [4.78, 5) is 0.260. The van der Waals surface area contributed by atoms with E-state index in [1.807, 2.05) is 19.1 Å². The van der Waals surface area contributed by atoms with Crippen LogP contribution in [0.4, 0.5) is 5.69 Å². The fourth-order valence-electron chi connectivity index (χ4n) is 3.67. The van der Waals surface area contributed by atoms with Gasteiger partial charge in [-0.3, -0.25) is 9.12 Å². The van der Waals surface area contributed by atoms with Gasteiger partial charge in [-0.2, -0.15) is 0 Å². The van der Waals surface area contributed by atoms with Crippen molar-refractivity contribution in [3.05, 3.63) is 54.0 Å². The molecule has 0 unspecified atom stereocenters. The molecule has 1 aromatic carbocycles. The minimum atomic E-state index is -3.67. The van der Waals surface area contributed by atoms with E-state index in [9.17, 15) is 8.42 Å². The molecule has 26 heavy (non-hydrogen) atoms. The number of hydrogen-bond acceptors (Lipinski definition) is 4. The maximum absolute atomic E-state index is 12.8. The maximum atomic E-state index is 12.8. The highest BCUT2D eigenvalue weighted by atomic mass is 32.2. The van der Waals surface area contributed by atoms with Crippen molar-refractivity contribution < 1.29 is 8.42 Å². The van der Waals surface area contributed by atoms with Gasteiger partial charge in [0.15, 0.2) is 5.65 Å². The summed E-state index contributed by atoms with van der Waals surface area (Å²) in [6.07, 6.45) is 8.02. The molecule has 2 heterocycles. The number of hydrogen-bond donors (Lipinski definition) is 1. The standard InChI is InChI=1S/C19H22N4O2S/c1-14-20-21-19-18(8-5-13-23(14)19)22-26(24,25)17-11-9-16(10-12-17)15-6-3-2-4-7-15/h5,8-13,15,22H,2-4,6-7H2,1H3. The van der Waals surface area contributed by atoms with E-state index in [4.69, 9.17) is 0 Å². The van der Waals surface area contributed by atoms with Crippen LogP contribution >= 0.6 is 0 Å². The lowest BCUT2D eigenvalue weighted by molar-refractivity contribution is 0.443. The molecule has 0 amide bonds. The van der Waals surface area contributed by atoms with Gasteiger partial charge in [-0.05, 0) is 55.5 Å². The van der Waals surface area contributed by atoms with E-state index < -0.39 is 10.0 Å². The summed E-state index contributed by atoms with van der Waals surface area (Å²) in [6, 6.07) is 10.8. The van der Waals surface area contributed by atoms with Crippen molar-refractivity contribution >= 4 is 21.4 Å². The van der Waals surface area contributed by atoms with Gasteiger partial charge in [-0.25, -0.2) is 8.42 Å². The lowest BCUT2D eigenvalue weighted by Gasteiger charge is -2.22. The number of anilines is 1. The fraction of sp³-hybridized carbons (Fsp3) is 0.368. The molecular weight excluding hydrogens is 348 g/mol. The Bertz CT molecular complexity index is 1020. The molecule has 0 bridgehead atoms. The Hall–Kier alpha value is -2.41. The molecule has 1 aliphatic rings. The summed E-state index contributed by atoms with van der Waals surface area (Å²) in [5, 5.41) is 8.06. The Morgan fingerprint density at radius 3 is 2.50 bits per heavy atom. The summed E-state index contributed by atoms with van der Waals surface area (Å²) in [5.74, 6) is 1.26. The molecule has 0 radical (unpaired) electrons. The topological polar surface area (TPSA) is 76.4 Å². The summed E-state index contributed by atoms with van der Waals surface area (Å²) >= 11 is 0. The molecule has 136 valence electrons. The average Bonchev–Trinajstić information content (AvgIpc) is 3.05. The molecule has 0 aliphatic heterocycles. The summed E-state index contributed by atoms with van der Waals surface area (Å²) in [6.45, 7) is 1.82. The summed E-state index contributed by atoms with van der Waals surface area (Å²) < 4.78 is 29.9. The van der Waals surface area contributed by atoms with E-state index in [0.29, 0.717) is 23.1 Å². The number of nitrogens with one attached hydrogen (secondary N) is 1. The number of rotatable bonds is 4. The highest BCUT2D eigenvalue weighted by Crippen LogP contribution is 2.33. The van der Waals surface area contributed by atoms with Crippen molar-refractivity contribution in [2.24, 2.45) is 0 Å². The first-order valence-corrected chi connectivity index (χ1v) is 10.5. The first-order valence-electron chi connectivity index (χ1n) is 8.98. The van der Waals surface area contributed by atoms with Crippen LogP contribution in [-0.2, 0) is 10.0 Å². The predicted molar refractivity (Wildman–Crippen MR) is 101 cm³/mol. The monoisotopic (exact) mass is 370 g/mol. The van der Waals surface area contributed by atoms with E-state index in [2.05, 4.69) is 14.9 Å². The van der Waals surface area contributed by atoms with Crippen LogP contribution in [0.2, 0.25) is 0 Å². The smallest absolute Gasteiger partial charge is 0.262 e. The van der Waals surface area contributed by atoms with Gasteiger partial charge in [0.1, 0.15) is 5.82 Å². The number of aromatic nitrogens is 3. The second kappa shape index (κ2) is 6.72. The molecule has 0 saturated heterocycles. The van der Waals surface area contributed by atoms with Crippen molar-refractivity contribution in [1.82, 2.24) is 14.6 Å². The van der Waals surface area contributed by atoms with Gasteiger partial charge in [0.25, 0.3) is 10.0 Å². The van der Waals surface area contributed by atoms with E-state index in [1.54, 1.807) is 34.9 Å². The van der Waals surface area contributed by atoms with Crippen LogP contribution in [0.3, 0.4) is 0 Å². The first kappa shape index (κ1) is 17.0. The van der Waals surface area contributed by atoms with Crippen LogP contribution in [0, 0.1) is 6.92 Å². The molecular formula is C19H22N4O2S. The Morgan fingerprint density at radius 2 is 1.77 bits per heavy atom. The first-order chi connectivity index (χ1) is 12.5. The Morgan fingerprint density at radius 1 is 1.04 bits per heavy atom. The number of sulfonamides is 1. The lowest BCUT2D eigenvalue weighted by atomic mass is 9.84. The maximum Gasteiger partial charge on any atom is 0.262 e. The van der Waals surface area contributed by atoms with Gasteiger partial charge in [0.05, 0.1) is 10.6 Å². The predicted octanol–water partition coefficient (Wildman–Crippen LogP) is 3.89. The van der Waals surface area contributed by atoms with E-state index in [-0.39, 0.29) is 4.90 Å². The number of fused-ring (bicyclic) bond motifs is 1. The molecule has 0 atom stereocenters. The molecule has 1 N–H and O–H groups in total. The minimum absolute atomic E-state index is 0.260. The molecule has 1 fully saturated rings. The molecule has 7 heteroatoms. The van der Waals surface area contributed by atoms with E-state index in [1.165, 1.54) is 37.7 Å². The minimum Gasteiger partial charge on any atom is -0.285 e. The molecule has 2 aromatic heterocycles. The normalized spacial score (nSPS) is 16.0. The van der Waals surface area contributed by atoms with Crippen molar-refractivity contribution in [2.75, 3.05) is 4.72 Å². The van der Waals surface area contributed by atoms with Crippen LogP contribution in [0.5, 0.6) is 0 Å². The van der Waals surface area contributed by atoms with Crippen molar-refractivity contribution in [2.45, 2.75) is 49.8 Å². The van der Waals surface area contributed by atoms with E-state index in [0.717, 1.165) is 0 Å². The molecule has 1 saturated carbocycles. The number of benzene rings is 1. The molecule has 6 nitrogen and oxygen atoms in total. The highest BCUT2D eigenvalue weighted by Gasteiger charge is 2.19. The third kappa shape index (κ3) is 3.19. The van der Waals surface area contributed by atoms with Crippen molar-refractivity contribution in [3.63, 3.8) is 0 Å². The Kier molecular flexibility index (Phi) is 4.40. The quantitative estimate of drug-likeness (QED) is 0.756. The fourth-order valence-corrected chi connectivity index (χ4v) is 4.73. The van der Waals surface area contributed by atoms with E-state index >= 15 is 0 Å². The highest BCUT2D eigenvalue weighted by molar-refractivity contribution is 7.92. The summed E-state index contributed by atoms with van der Waals surface area (Å²) in [5.41, 5.74) is 2.15. The average molecular weight is 370 g/mol. The van der Waals surface area contributed by atoms with Crippen LogP contribution < -0.4 is 4.72 Å². The Labute approximate surface area is 153 Å². The number of aryl methyl sites for hydroxylation is 1. The van der Waals surface area contributed by atoms with Gasteiger partial charge in [0, 0.05) is 6.20 Å². The van der Waals surface area contributed by atoms with Crippen molar-refractivity contribution in [3.8, 4) is 0 Å². The van der Waals surface area contributed by atoms with Crippen LogP contribution in [0.25, 0.3) is 5.65 Å². The lowest BCUT2D eigenvalue weighted by Crippen LogP contribution is -2.14. The Balaban J connectivity index is 1.59. The molecule has 4 rings (SSSR count). The van der Waals surface area contributed by atoms with Gasteiger partial charge >= 0.3 is 0 Å². The molecule has 0 spiro atoms. The second-order valence-electron chi connectivity index (χ2n) is 6.87. The number of pyridine rings is 1. The van der Waals surface area contributed by atoms with Gasteiger partial charge in [-0.1, -0.05) is 31.4 Å². The third-order valence-electron chi connectivity index (χ3n) is 5.12. The summed E-state index contributed by atoms with van der Waals surface area (Å²) in [7, 11) is -3.67. The second-order valence-corrected chi connectivity index (χ2v) is 8.55. The van der Waals surface area contributed by atoms with Gasteiger partial charge in [0.2, 0.25) is 0 Å². The SMILES string of the molecule is Cc1nnc2c(NS(=O)(=O)c3ccc(C4CCCCC4)cc3)cccn12. The van der Waals surface area contributed by atoms with Crippen LogP contribution in [-0.4, -0.2) is 23.0 Å². The van der Waals surface area contributed by atoms with Gasteiger partial charge in [-0.15, -0.1) is 10.2 Å². The molecule has 3 aromatic rings.